The molecule has 1 rings (SSSR count). The van der Waals surface area contributed by atoms with Crippen molar-refractivity contribution in [1.29, 1.82) is 0 Å². The molecule has 0 aliphatic carbocycles. The number of para-hydroxylation sites is 1. The number of nitrogens with two attached hydrogens (primary N) is 1. The number of benzene rings is 1. The Balaban J connectivity index is 2.92. The van der Waals surface area contributed by atoms with Crippen molar-refractivity contribution in [2.45, 2.75) is 12.3 Å². The Bertz CT molecular complexity index is 341. The van der Waals surface area contributed by atoms with Crippen LogP contribution in [0.2, 0.25) is 0 Å². The van der Waals surface area contributed by atoms with E-state index < -0.39 is 0 Å². The number of ketones is 1. The largest absolute Gasteiger partial charge is 0.398 e. The molecule has 2 nitrogen and oxygen atoms in total. The Morgan fingerprint density at radius 3 is 2.64 bits per heavy atom. The molecule has 0 bridgehead atoms. The number of carbonyl (C=O) groups excluding carboxylic acids is 1. The van der Waals surface area contributed by atoms with Gasteiger partial charge in [-0.15, -0.1) is 11.6 Å². The second kappa shape index (κ2) is 5.37. The molecular weight excluding hydrogens is 265 g/mol. The van der Waals surface area contributed by atoms with E-state index in [0.717, 1.165) is 11.1 Å². The summed E-state index contributed by atoms with van der Waals surface area (Å²) in [7, 11) is 0. The van der Waals surface area contributed by atoms with Crippen molar-refractivity contribution < 1.29 is 4.79 Å². The van der Waals surface area contributed by atoms with Gasteiger partial charge < -0.3 is 5.73 Å². The molecule has 1 aromatic carbocycles. The first-order valence-corrected chi connectivity index (χ1v) is 5.84. The monoisotopic (exact) mass is 275 g/mol. The van der Waals surface area contributed by atoms with Crippen LogP contribution in [0.15, 0.2) is 18.2 Å². The zero-order valence-electron chi connectivity index (χ0n) is 7.59. The lowest BCUT2D eigenvalue weighted by Crippen LogP contribution is -2.07. The van der Waals surface area contributed by atoms with Gasteiger partial charge in [0.2, 0.25) is 0 Å². The summed E-state index contributed by atoms with van der Waals surface area (Å²) in [5.74, 6) is 0.491. The minimum Gasteiger partial charge on any atom is -0.398 e. The molecule has 0 heterocycles. The van der Waals surface area contributed by atoms with Crippen LogP contribution in [0.3, 0.4) is 0 Å². The lowest BCUT2D eigenvalue weighted by Gasteiger charge is -2.07. The van der Waals surface area contributed by atoms with Gasteiger partial charge >= 0.3 is 0 Å². The molecule has 0 saturated heterocycles. The van der Waals surface area contributed by atoms with Gasteiger partial charge in [0.15, 0.2) is 0 Å². The molecule has 0 saturated carbocycles. The van der Waals surface area contributed by atoms with Crippen molar-refractivity contribution in [1.82, 2.24) is 0 Å². The van der Waals surface area contributed by atoms with E-state index in [1.807, 2.05) is 18.2 Å². The average Bonchev–Trinajstić information content (AvgIpc) is 2.21. The highest BCUT2D eigenvalue weighted by molar-refractivity contribution is 9.09. The number of carbonyl (C=O) groups is 1. The Morgan fingerprint density at radius 1 is 1.43 bits per heavy atom. The van der Waals surface area contributed by atoms with Crippen LogP contribution in [0.5, 0.6) is 0 Å². The molecule has 0 atom stereocenters. The minimum absolute atomic E-state index is 0.114. The zero-order chi connectivity index (χ0) is 10.6. The summed E-state index contributed by atoms with van der Waals surface area (Å²) < 4.78 is 0. The van der Waals surface area contributed by atoms with E-state index in [1.165, 1.54) is 0 Å². The standard InChI is InChI=1S/C10H11BrClNO/c11-5-9(14)4-7-2-1-3-8(6-12)10(7)13/h1-3H,4-6,13H2. The summed E-state index contributed by atoms with van der Waals surface area (Å²) in [5.41, 5.74) is 8.22. The second-order valence-corrected chi connectivity index (χ2v) is 3.80. The van der Waals surface area contributed by atoms with Crippen molar-refractivity contribution in [3.8, 4) is 0 Å². The summed E-state index contributed by atoms with van der Waals surface area (Å²) >= 11 is 8.82. The first kappa shape index (κ1) is 11.5. The molecule has 0 aromatic heterocycles. The van der Waals surface area contributed by atoms with Crippen LogP contribution >= 0.6 is 27.5 Å². The van der Waals surface area contributed by atoms with Gasteiger partial charge in [-0.25, -0.2) is 0 Å². The Morgan fingerprint density at radius 2 is 2.07 bits per heavy atom. The summed E-state index contributed by atoms with van der Waals surface area (Å²) in [6, 6.07) is 5.58. The molecule has 0 fully saturated rings. The lowest BCUT2D eigenvalue weighted by atomic mass is 10.0. The van der Waals surface area contributed by atoms with Gasteiger partial charge in [-0.1, -0.05) is 34.1 Å². The third kappa shape index (κ3) is 2.72. The van der Waals surface area contributed by atoms with Crippen LogP contribution < -0.4 is 5.73 Å². The van der Waals surface area contributed by atoms with Crippen LogP contribution in [0.1, 0.15) is 11.1 Å². The fourth-order valence-electron chi connectivity index (χ4n) is 1.20. The smallest absolute Gasteiger partial charge is 0.147 e. The summed E-state index contributed by atoms with van der Waals surface area (Å²) in [6.07, 6.45) is 0.363. The predicted molar refractivity (Wildman–Crippen MR) is 62.9 cm³/mol. The van der Waals surface area contributed by atoms with E-state index in [9.17, 15) is 4.79 Å². The van der Waals surface area contributed by atoms with Gasteiger partial charge in [-0.3, -0.25) is 4.79 Å². The van der Waals surface area contributed by atoms with E-state index >= 15 is 0 Å². The topological polar surface area (TPSA) is 43.1 Å². The zero-order valence-corrected chi connectivity index (χ0v) is 9.94. The third-order valence-electron chi connectivity index (χ3n) is 1.97. The molecule has 1 aromatic rings. The molecule has 0 amide bonds. The van der Waals surface area contributed by atoms with Crippen molar-refractivity contribution in [2.75, 3.05) is 11.1 Å². The van der Waals surface area contributed by atoms with E-state index in [-0.39, 0.29) is 5.78 Å². The van der Waals surface area contributed by atoms with Crippen LogP contribution in [-0.4, -0.2) is 11.1 Å². The number of nitrogen functional groups attached to an aromatic ring is 1. The fourth-order valence-corrected chi connectivity index (χ4v) is 1.63. The Hall–Kier alpha value is -0.540. The molecule has 0 aliphatic rings. The maximum absolute atomic E-state index is 11.2. The highest BCUT2D eigenvalue weighted by Crippen LogP contribution is 2.20. The van der Waals surface area contributed by atoms with Crippen LogP contribution in [-0.2, 0) is 17.1 Å². The molecule has 0 radical (unpaired) electrons. The summed E-state index contributed by atoms with van der Waals surface area (Å²) in [6.45, 7) is 0. The molecule has 14 heavy (non-hydrogen) atoms. The molecule has 0 spiro atoms. The van der Waals surface area contributed by atoms with Gasteiger partial charge in [0.05, 0.1) is 5.33 Å². The minimum atomic E-state index is 0.114. The van der Waals surface area contributed by atoms with E-state index in [4.69, 9.17) is 17.3 Å². The number of halogens is 2. The number of anilines is 1. The molecule has 76 valence electrons. The fraction of sp³-hybridized carbons (Fsp3) is 0.300. The van der Waals surface area contributed by atoms with Crippen molar-refractivity contribution in [3.63, 3.8) is 0 Å². The maximum atomic E-state index is 11.2. The number of rotatable bonds is 4. The molecule has 4 heteroatoms. The first-order valence-electron chi connectivity index (χ1n) is 4.19. The van der Waals surface area contributed by atoms with Crippen molar-refractivity contribution in [2.24, 2.45) is 0 Å². The SMILES string of the molecule is Nc1c(CCl)cccc1CC(=O)CBr. The van der Waals surface area contributed by atoms with Gasteiger partial charge in [0, 0.05) is 18.0 Å². The van der Waals surface area contributed by atoms with Gasteiger partial charge in [-0.05, 0) is 11.1 Å². The predicted octanol–water partition coefficient (Wildman–Crippen LogP) is 2.51. The molecule has 2 N–H and O–H groups in total. The Kier molecular flexibility index (Phi) is 4.42. The molecule has 0 unspecified atom stereocenters. The molecular formula is C10H11BrClNO. The van der Waals surface area contributed by atoms with Gasteiger partial charge in [-0.2, -0.15) is 0 Å². The molecule has 0 aliphatic heterocycles. The van der Waals surface area contributed by atoms with Crippen molar-refractivity contribution >= 4 is 39.0 Å². The lowest BCUT2D eigenvalue weighted by molar-refractivity contribution is -0.115. The quantitative estimate of drug-likeness (QED) is 0.678. The number of Topliss-reactive ketones (excluding diaryl/α,β-unsaturated/α-hetero) is 1. The van der Waals surface area contributed by atoms with E-state index in [2.05, 4.69) is 15.9 Å². The van der Waals surface area contributed by atoms with Gasteiger partial charge in [0.25, 0.3) is 0 Å². The number of hydrogen-bond acceptors (Lipinski definition) is 2. The second-order valence-electron chi connectivity index (χ2n) is 2.97. The summed E-state index contributed by atoms with van der Waals surface area (Å²) in [4.78, 5) is 11.2. The highest BCUT2D eigenvalue weighted by atomic mass is 79.9. The normalized spacial score (nSPS) is 10.1. The van der Waals surface area contributed by atoms with Crippen molar-refractivity contribution in [3.05, 3.63) is 29.3 Å². The van der Waals surface area contributed by atoms with E-state index in [0.29, 0.717) is 23.3 Å². The number of hydrogen-bond donors (Lipinski definition) is 1. The van der Waals surface area contributed by atoms with E-state index in [1.54, 1.807) is 0 Å². The average molecular weight is 277 g/mol. The van der Waals surface area contributed by atoms with Gasteiger partial charge in [0.1, 0.15) is 5.78 Å². The number of alkyl halides is 2. The van der Waals surface area contributed by atoms with Crippen LogP contribution in [0.4, 0.5) is 5.69 Å². The highest BCUT2D eigenvalue weighted by Gasteiger charge is 2.07. The first-order chi connectivity index (χ1) is 6.69. The maximum Gasteiger partial charge on any atom is 0.147 e. The summed E-state index contributed by atoms with van der Waals surface area (Å²) in [5, 5.41) is 0.359. The van der Waals surface area contributed by atoms with Crippen LogP contribution in [0.25, 0.3) is 0 Å². The van der Waals surface area contributed by atoms with Crippen LogP contribution in [0, 0.1) is 0 Å². The Labute approximate surface area is 96.6 Å². The third-order valence-corrected chi connectivity index (χ3v) is 2.88.